The van der Waals surface area contributed by atoms with Crippen LogP contribution in [0.1, 0.15) is 11.1 Å². The molecule has 2 aromatic rings. The van der Waals surface area contributed by atoms with Gasteiger partial charge in [0.05, 0.1) is 28.8 Å². The third-order valence-electron chi connectivity index (χ3n) is 2.64. The smallest absolute Gasteiger partial charge is 0.228 e. The number of benzene rings is 2. The van der Waals surface area contributed by atoms with E-state index in [1.54, 1.807) is 24.3 Å². The summed E-state index contributed by atoms with van der Waals surface area (Å²) in [6, 6.07) is 13.1. The number of phenols is 1. The number of rotatable bonds is 3. The van der Waals surface area contributed by atoms with E-state index in [4.69, 9.17) is 16.9 Å². The molecule has 0 radical (unpaired) electrons. The van der Waals surface area contributed by atoms with Gasteiger partial charge in [-0.15, -0.1) is 0 Å². The van der Waals surface area contributed by atoms with Crippen LogP contribution < -0.4 is 5.32 Å². The SMILES string of the molecule is N#Cc1ccc(Cl)c(NC(=O)Cc2cccc(O)c2)c1. The van der Waals surface area contributed by atoms with Crippen LogP contribution in [0.25, 0.3) is 0 Å². The summed E-state index contributed by atoms with van der Waals surface area (Å²) in [7, 11) is 0. The molecule has 0 bridgehead atoms. The summed E-state index contributed by atoms with van der Waals surface area (Å²) in [5.74, 6) is -0.160. The maximum atomic E-state index is 11.9. The Morgan fingerprint density at radius 1 is 1.30 bits per heavy atom. The minimum Gasteiger partial charge on any atom is -0.508 e. The molecule has 100 valence electrons. The zero-order chi connectivity index (χ0) is 14.5. The van der Waals surface area contributed by atoms with Gasteiger partial charge < -0.3 is 10.4 Å². The molecule has 1 amide bonds. The van der Waals surface area contributed by atoms with E-state index in [1.807, 2.05) is 6.07 Å². The number of anilines is 1. The number of aromatic hydroxyl groups is 1. The van der Waals surface area contributed by atoms with E-state index in [0.29, 0.717) is 21.8 Å². The van der Waals surface area contributed by atoms with Crippen LogP contribution in [0, 0.1) is 11.3 Å². The molecule has 0 fully saturated rings. The number of phenolic OH excluding ortho intramolecular Hbond substituents is 1. The minimum atomic E-state index is -0.271. The summed E-state index contributed by atoms with van der Waals surface area (Å²) < 4.78 is 0. The number of halogens is 1. The van der Waals surface area contributed by atoms with Gasteiger partial charge in [0.2, 0.25) is 5.91 Å². The van der Waals surface area contributed by atoms with E-state index in [0.717, 1.165) is 0 Å². The molecule has 0 aliphatic carbocycles. The second kappa shape index (κ2) is 6.09. The molecule has 0 heterocycles. The van der Waals surface area contributed by atoms with Crippen molar-refractivity contribution in [3.05, 3.63) is 58.6 Å². The van der Waals surface area contributed by atoms with Crippen LogP contribution in [-0.2, 0) is 11.2 Å². The lowest BCUT2D eigenvalue weighted by Gasteiger charge is -2.08. The van der Waals surface area contributed by atoms with Crippen LogP contribution in [0.5, 0.6) is 5.75 Å². The highest BCUT2D eigenvalue weighted by atomic mass is 35.5. The van der Waals surface area contributed by atoms with Crippen LogP contribution in [0.2, 0.25) is 5.02 Å². The fourth-order valence-corrected chi connectivity index (χ4v) is 1.90. The first-order valence-corrected chi connectivity index (χ1v) is 6.23. The fraction of sp³-hybridized carbons (Fsp3) is 0.0667. The Bertz CT molecular complexity index is 693. The summed E-state index contributed by atoms with van der Waals surface area (Å²) >= 11 is 5.96. The molecular weight excluding hydrogens is 276 g/mol. The normalized spacial score (nSPS) is 9.80. The molecule has 2 aromatic carbocycles. The molecule has 0 aliphatic heterocycles. The number of hydrogen-bond donors (Lipinski definition) is 2. The standard InChI is InChI=1S/C15H11ClN2O2/c16-13-5-4-11(9-17)7-14(13)18-15(20)8-10-2-1-3-12(19)6-10/h1-7,19H,8H2,(H,18,20). The van der Waals surface area contributed by atoms with Crippen LogP contribution in [0.4, 0.5) is 5.69 Å². The van der Waals surface area contributed by atoms with Crippen molar-refractivity contribution >= 4 is 23.2 Å². The average molecular weight is 287 g/mol. The van der Waals surface area contributed by atoms with E-state index in [1.165, 1.54) is 18.2 Å². The third kappa shape index (κ3) is 3.50. The average Bonchev–Trinajstić information content (AvgIpc) is 2.41. The van der Waals surface area contributed by atoms with Crippen molar-refractivity contribution in [3.63, 3.8) is 0 Å². The van der Waals surface area contributed by atoms with Gasteiger partial charge in [0, 0.05) is 0 Å². The Balaban J connectivity index is 2.10. The van der Waals surface area contributed by atoms with Gasteiger partial charge in [-0.1, -0.05) is 23.7 Å². The van der Waals surface area contributed by atoms with Gasteiger partial charge in [0.25, 0.3) is 0 Å². The second-order valence-corrected chi connectivity index (χ2v) is 4.61. The van der Waals surface area contributed by atoms with Gasteiger partial charge in [0.1, 0.15) is 5.75 Å². The molecule has 5 heteroatoms. The van der Waals surface area contributed by atoms with Crippen molar-refractivity contribution in [2.24, 2.45) is 0 Å². The van der Waals surface area contributed by atoms with E-state index in [-0.39, 0.29) is 18.1 Å². The molecule has 2 N–H and O–H groups in total. The lowest BCUT2D eigenvalue weighted by molar-refractivity contribution is -0.115. The lowest BCUT2D eigenvalue weighted by atomic mass is 10.1. The second-order valence-electron chi connectivity index (χ2n) is 4.20. The van der Waals surface area contributed by atoms with E-state index in [2.05, 4.69) is 5.32 Å². The molecule has 4 nitrogen and oxygen atoms in total. The maximum Gasteiger partial charge on any atom is 0.228 e. The highest BCUT2D eigenvalue weighted by Crippen LogP contribution is 2.23. The molecule has 0 atom stereocenters. The Labute approximate surface area is 121 Å². The van der Waals surface area contributed by atoms with Crippen molar-refractivity contribution in [1.29, 1.82) is 5.26 Å². The fourth-order valence-electron chi connectivity index (χ4n) is 1.74. The van der Waals surface area contributed by atoms with Crippen molar-refractivity contribution in [3.8, 4) is 11.8 Å². The first-order chi connectivity index (χ1) is 9.58. The molecule has 0 unspecified atom stereocenters. The zero-order valence-corrected chi connectivity index (χ0v) is 11.2. The first-order valence-electron chi connectivity index (χ1n) is 5.86. The van der Waals surface area contributed by atoms with Gasteiger partial charge in [-0.25, -0.2) is 0 Å². The highest BCUT2D eigenvalue weighted by molar-refractivity contribution is 6.33. The van der Waals surface area contributed by atoms with Gasteiger partial charge in [-0.05, 0) is 35.9 Å². The molecule has 0 aliphatic rings. The highest BCUT2D eigenvalue weighted by Gasteiger charge is 2.08. The van der Waals surface area contributed by atoms with Crippen molar-refractivity contribution < 1.29 is 9.90 Å². The third-order valence-corrected chi connectivity index (χ3v) is 2.97. The van der Waals surface area contributed by atoms with Crippen molar-refractivity contribution in [1.82, 2.24) is 0 Å². The lowest BCUT2D eigenvalue weighted by Crippen LogP contribution is -2.14. The number of nitrogens with one attached hydrogen (secondary N) is 1. The van der Waals surface area contributed by atoms with E-state index in [9.17, 15) is 9.90 Å². The largest absolute Gasteiger partial charge is 0.508 e. The quantitative estimate of drug-likeness (QED) is 0.910. The monoisotopic (exact) mass is 286 g/mol. The van der Waals surface area contributed by atoms with Gasteiger partial charge >= 0.3 is 0 Å². The number of amides is 1. The molecule has 0 saturated heterocycles. The predicted octanol–water partition coefficient (Wildman–Crippen LogP) is 3.10. The molecule has 0 saturated carbocycles. The Kier molecular flexibility index (Phi) is 4.24. The van der Waals surface area contributed by atoms with Gasteiger partial charge in [-0.3, -0.25) is 4.79 Å². The summed E-state index contributed by atoms with van der Waals surface area (Å²) in [4.78, 5) is 11.9. The first kappa shape index (κ1) is 13.9. The molecule has 2 rings (SSSR count). The maximum absolute atomic E-state index is 11.9. The van der Waals surface area contributed by atoms with Crippen LogP contribution in [0.3, 0.4) is 0 Å². The topological polar surface area (TPSA) is 73.1 Å². The van der Waals surface area contributed by atoms with Crippen LogP contribution in [-0.4, -0.2) is 11.0 Å². The van der Waals surface area contributed by atoms with E-state index < -0.39 is 0 Å². The summed E-state index contributed by atoms with van der Waals surface area (Å²) in [5.41, 5.74) is 1.51. The van der Waals surface area contributed by atoms with Gasteiger partial charge in [-0.2, -0.15) is 5.26 Å². The Morgan fingerprint density at radius 2 is 2.10 bits per heavy atom. The summed E-state index contributed by atoms with van der Waals surface area (Å²) in [5, 5.41) is 21.2. The number of hydrogen-bond acceptors (Lipinski definition) is 3. The van der Waals surface area contributed by atoms with Crippen LogP contribution >= 0.6 is 11.6 Å². The minimum absolute atomic E-state index is 0.111. The number of nitriles is 1. The van der Waals surface area contributed by atoms with Crippen LogP contribution in [0.15, 0.2) is 42.5 Å². The Morgan fingerprint density at radius 3 is 2.80 bits per heavy atom. The zero-order valence-electron chi connectivity index (χ0n) is 10.4. The number of nitrogens with zero attached hydrogens (tertiary/aromatic N) is 1. The van der Waals surface area contributed by atoms with Crippen molar-refractivity contribution in [2.45, 2.75) is 6.42 Å². The predicted molar refractivity (Wildman–Crippen MR) is 76.6 cm³/mol. The molecule has 0 aromatic heterocycles. The molecule has 0 spiro atoms. The summed E-state index contributed by atoms with van der Waals surface area (Å²) in [6.45, 7) is 0. The number of carbonyl (C=O) groups is 1. The molecule has 20 heavy (non-hydrogen) atoms. The number of carbonyl (C=O) groups excluding carboxylic acids is 1. The van der Waals surface area contributed by atoms with Crippen molar-refractivity contribution in [2.75, 3.05) is 5.32 Å². The van der Waals surface area contributed by atoms with E-state index >= 15 is 0 Å². The van der Waals surface area contributed by atoms with Gasteiger partial charge in [0.15, 0.2) is 0 Å². The Hall–Kier alpha value is -2.51. The summed E-state index contributed by atoms with van der Waals surface area (Å²) in [6.07, 6.45) is 0.113. The molecular formula is C15H11ClN2O2.